The fourth-order valence-corrected chi connectivity index (χ4v) is 2.79. The molecule has 0 saturated carbocycles. The molecule has 2 rings (SSSR count). The van der Waals surface area contributed by atoms with Crippen LogP contribution >= 0.6 is 0 Å². The first kappa shape index (κ1) is 19.8. The maximum Gasteiger partial charge on any atom is 0.338 e. The fourth-order valence-electron chi connectivity index (χ4n) is 2.79. The summed E-state index contributed by atoms with van der Waals surface area (Å²) in [5.74, 6) is -2.30. The van der Waals surface area contributed by atoms with Crippen LogP contribution in [0.5, 0.6) is 0 Å². The molecule has 8 nitrogen and oxygen atoms in total. The van der Waals surface area contributed by atoms with Crippen LogP contribution in [0.15, 0.2) is 24.3 Å². The van der Waals surface area contributed by atoms with Gasteiger partial charge in [-0.15, -0.1) is 0 Å². The molecule has 140 valence electrons. The Morgan fingerprint density at radius 1 is 1.20 bits per heavy atom. The maximum absolute atomic E-state index is 11.9. The van der Waals surface area contributed by atoms with Gasteiger partial charge in [0.1, 0.15) is 24.4 Å². The van der Waals surface area contributed by atoms with Crippen molar-refractivity contribution in [3.8, 4) is 0 Å². The zero-order valence-electron chi connectivity index (χ0n) is 14.3. The van der Waals surface area contributed by atoms with E-state index in [2.05, 4.69) is 0 Å². The summed E-state index contributed by atoms with van der Waals surface area (Å²) in [5.41, 5.74) is 0.612. The molecule has 1 aliphatic heterocycles. The van der Waals surface area contributed by atoms with Gasteiger partial charge in [-0.3, -0.25) is 0 Å². The molecule has 0 aliphatic carbocycles. The minimum Gasteiger partial charge on any atom is -0.459 e. The van der Waals surface area contributed by atoms with Crippen LogP contribution in [0.2, 0.25) is 0 Å². The van der Waals surface area contributed by atoms with Crippen LogP contribution in [-0.4, -0.2) is 70.6 Å². The number of methoxy groups -OCH3 is 1. The van der Waals surface area contributed by atoms with Gasteiger partial charge in [0.2, 0.25) is 5.79 Å². The van der Waals surface area contributed by atoms with Crippen molar-refractivity contribution in [3.63, 3.8) is 0 Å². The van der Waals surface area contributed by atoms with Crippen LogP contribution in [0, 0.1) is 0 Å². The summed E-state index contributed by atoms with van der Waals surface area (Å²) >= 11 is 0. The van der Waals surface area contributed by atoms with Gasteiger partial charge in [0.25, 0.3) is 0 Å². The van der Waals surface area contributed by atoms with Crippen molar-refractivity contribution in [1.82, 2.24) is 0 Å². The van der Waals surface area contributed by atoms with Crippen LogP contribution < -0.4 is 0 Å². The van der Waals surface area contributed by atoms with Crippen molar-refractivity contribution in [3.05, 3.63) is 35.4 Å². The molecule has 0 bridgehead atoms. The van der Waals surface area contributed by atoms with E-state index in [0.717, 1.165) is 0 Å². The molecule has 4 N–H and O–H groups in total. The SMILES string of the molecule is CO[C@@]1(c2ccc(C(=O)OC(C)C)cc2)O[C@H](CO)[C@@H](O)[C@H](O)[C@H]1O. The lowest BCUT2D eigenvalue weighted by atomic mass is 9.87. The fraction of sp³-hybridized carbons (Fsp3) is 0.588. The molecule has 0 unspecified atom stereocenters. The van der Waals surface area contributed by atoms with E-state index in [0.29, 0.717) is 11.1 Å². The zero-order valence-corrected chi connectivity index (χ0v) is 14.3. The molecule has 0 amide bonds. The normalized spacial score (nSPS) is 32.6. The summed E-state index contributed by atoms with van der Waals surface area (Å²) < 4.78 is 16.0. The average molecular weight is 356 g/mol. The molecule has 0 aromatic heterocycles. The van der Waals surface area contributed by atoms with E-state index in [-0.39, 0.29) is 6.10 Å². The number of rotatable bonds is 5. The minimum atomic E-state index is -1.80. The first-order chi connectivity index (χ1) is 11.8. The molecule has 1 saturated heterocycles. The summed E-state index contributed by atoms with van der Waals surface area (Å²) in [7, 11) is 1.27. The standard InChI is InChI=1S/C17H24O8/c1-9(2)24-16(22)10-4-6-11(7-5-10)17(23-3)15(21)14(20)13(19)12(8-18)25-17/h4-7,9,12-15,18-21H,8H2,1-3H3/t12-,13-,14+,15-,17+/m1/s1. The van der Waals surface area contributed by atoms with Crippen LogP contribution in [0.25, 0.3) is 0 Å². The van der Waals surface area contributed by atoms with Crippen LogP contribution in [0.1, 0.15) is 29.8 Å². The highest BCUT2D eigenvalue weighted by molar-refractivity contribution is 5.89. The predicted octanol–water partition coefficient (Wildman–Crippen LogP) is -0.475. The van der Waals surface area contributed by atoms with Crippen LogP contribution in [-0.2, 0) is 20.0 Å². The largest absolute Gasteiger partial charge is 0.459 e. The number of aliphatic hydroxyl groups is 4. The Bertz CT molecular complexity index is 585. The second-order valence-electron chi connectivity index (χ2n) is 6.17. The quantitative estimate of drug-likeness (QED) is 0.522. The van der Waals surface area contributed by atoms with Crippen molar-refractivity contribution in [2.45, 2.75) is 50.2 Å². The second kappa shape index (κ2) is 7.77. The Kier molecular flexibility index (Phi) is 6.15. The van der Waals surface area contributed by atoms with Crippen molar-refractivity contribution >= 4 is 5.97 Å². The molecule has 1 aromatic rings. The van der Waals surface area contributed by atoms with E-state index >= 15 is 0 Å². The molecule has 1 heterocycles. The van der Waals surface area contributed by atoms with Gasteiger partial charge in [0.15, 0.2) is 0 Å². The highest BCUT2D eigenvalue weighted by atomic mass is 16.7. The van der Waals surface area contributed by atoms with Crippen molar-refractivity contribution in [1.29, 1.82) is 0 Å². The van der Waals surface area contributed by atoms with Gasteiger partial charge in [0.05, 0.1) is 18.3 Å². The van der Waals surface area contributed by atoms with E-state index in [1.54, 1.807) is 13.8 Å². The van der Waals surface area contributed by atoms with Crippen LogP contribution in [0.4, 0.5) is 0 Å². The molecular weight excluding hydrogens is 332 g/mol. The zero-order chi connectivity index (χ0) is 18.8. The Balaban J connectivity index is 2.34. The van der Waals surface area contributed by atoms with Gasteiger partial charge in [0, 0.05) is 12.7 Å². The maximum atomic E-state index is 11.9. The van der Waals surface area contributed by atoms with Crippen molar-refractivity contribution in [2.75, 3.05) is 13.7 Å². The Hall–Kier alpha value is -1.55. The number of ether oxygens (including phenoxy) is 3. The number of aliphatic hydroxyl groups excluding tert-OH is 4. The third-order valence-corrected chi connectivity index (χ3v) is 4.12. The van der Waals surface area contributed by atoms with Gasteiger partial charge in [-0.2, -0.15) is 0 Å². The Morgan fingerprint density at radius 2 is 1.80 bits per heavy atom. The minimum absolute atomic E-state index is 0.261. The summed E-state index contributed by atoms with van der Waals surface area (Å²) in [6.45, 7) is 2.90. The van der Waals surface area contributed by atoms with Gasteiger partial charge < -0.3 is 34.6 Å². The lowest BCUT2D eigenvalue weighted by molar-refractivity contribution is -0.366. The first-order valence-electron chi connectivity index (χ1n) is 7.96. The van der Waals surface area contributed by atoms with E-state index < -0.39 is 42.8 Å². The van der Waals surface area contributed by atoms with Gasteiger partial charge >= 0.3 is 5.97 Å². The molecule has 1 aliphatic rings. The molecule has 1 aromatic carbocycles. The molecule has 0 spiro atoms. The highest BCUT2D eigenvalue weighted by Crippen LogP contribution is 2.39. The third-order valence-electron chi connectivity index (χ3n) is 4.12. The smallest absolute Gasteiger partial charge is 0.338 e. The number of carbonyl (C=O) groups excluding carboxylic acids is 1. The Labute approximate surface area is 145 Å². The number of carbonyl (C=O) groups is 1. The Morgan fingerprint density at radius 3 is 2.28 bits per heavy atom. The monoisotopic (exact) mass is 356 g/mol. The highest BCUT2D eigenvalue weighted by Gasteiger charge is 2.55. The lowest BCUT2D eigenvalue weighted by Crippen LogP contribution is -2.64. The first-order valence-corrected chi connectivity index (χ1v) is 7.96. The number of hydrogen-bond donors (Lipinski definition) is 4. The second-order valence-corrected chi connectivity index (χ2v) is 6.17. The van der Waals surface area contributed by atoms with Crippen molar-refractivity contribution in [2.24, 2.45) is 0 Å². The summed E-state index contributed by atoms with van der Waals surface area (Å²) in [6, 6.07) is 5.93. The molecule has 25 heavy (non-hydrogen) atoms. The number of benzene rings is 1. The molecule has 5 atom stereocenters. The molecule has 1 fully saturated rings. The summed E-state index contributed by atoms with van der Waals surface area (Å²) in [5, 5.41) is 39.7. The third kappa shape index (κ3) is 3.69. The van der Waals surface area contributed by atoms with E-state index in [4.69, 9.17) is 14.2 Å². The average Bonchev–Trinajstić information content (AvgIpc) is 2.60. The number of esters is 1. The molecule has 0 radical (unpaired) electrons. The topological polar surface area (TPSA) is 126 Å². The summed E-state index contributed by atoms with van der Waals surface area (Å²) in [6.07, 6.45) is -6.07. The molecular formula is C17H24O8. The van der Waals surface area contributed by atoms with Gasteiger partial charge in [-0.05, 0) is 26.0 Å². The predicted molar refractivity (Wildman–Crippen MR) is 85.7 cm³/mol. The van der Waals surface area contributed by atoms with Gasteiger partial charge in [-0.1, -0.05) is 12.1 Å². The van der Waals surface area contributed by atoms with Gasteiger partial charge in [-0.25, -0.2) is 4.79 Å². The molecule has 8 heteroatoms. The van der Waals surface area contributed by atoms with E-state index in [9.17, 15) is 25.2 Å². The van der Waals surface area contributed by atoms with E-state index in [1.165, 1.54) is 31.4 Å². The lowest BCUT2D eigenvalue weighted by Gasteiger charge is -2.47. The number of hydrogen-bond acceptors (Lipinski definition) is 8. The summed E-state index contributed by atoms with van der Waals surface area (Å²) in [4.78, 5) is 11.9. The van der Waals surface area contributed by atoms with Crippen molar-refractivity contribution < 1.29 is 39.4 Å². The van der Waals surface area contributed by atoms with E-state index in [1.807, 2.05) is 0 Å². The van der Waals surface area contributed by atoms with Crippen LogP contribution in [0.3, 0.4) is 0 Å².